The summed E-state index contributed by atoms with van der Waals surface area (Å²) in [5.74, 6) is 0. The quantitative estimate of drug-likeness (QED) is 0.880. The Kier molecular flexibility index (Phi) is 3.16. The molecule has 3 nitrogen and oxygen atoms in total. The van der Waals surface area contributed by atoms with Gasteiger partial charge < -0.3 is 5.73 Å². The summed E-state index contributed by atoms with van der Waals surface area (Å²) in [5.41, 5.74) is 10.3. The molecular weight excluding hydrogens is 222 g/mol. The van der Waals surface area contributed by atoms with Crippen LogP contribution in [0.5, 0.6) is 0 Å². The number of hydrogen-bond donors (Lipinski definition) is 1. The number of nitrogens with zero attached hydrogens (tertiary/aromatic N) is 2. The van der Waals surface area contributed by atoms with Crippen LogP contribution in [-0.2, 0) is 12.0 Å². The first kappa shape index (κ1) is 12.7. The summed E-state index contributed by atoms with van der Waals surface area (Å²) in [7, 11) is 0. The summed E-state index contributed by atoms with van der Waals surface area (Å²) >= 11 is 0. The summed E-state index contributed by atoms with van der Waals surface area (Å²) in [4.78, 5) is 0. The molecule has 0 saturated carbocycles. The lowest BCUT2D eigenvalue weighted by molar-refractivity contribution is 0.546. The van der Waals surface area contributed by atoms with Gasteiger partial charge in [0, 0.05) is 11.6 Å². The molecule has 0 fully saturated rings. The molecule has 1 aromatic carbocycles. The van der Waals surface area contributed by atoms with Gasteiger partial charge >= 0.3 is 0 Å². The van der Waals surface area contributed by atoms with E-state index < -0.39 is 0 Å². The van der Waals surface area contributed by atoms with Crippen molar-refractivity contribution in [1.82, 2.24) is 9.78 Å². The maximum Gasteiger partial charge on any atom is 0.0907 e. The first-order chi connectivity index (χ1) is 8.36. The molecule has 0 aliphatic rings. The third kappa shape index (κ3) is 2.73. The Morgan fingerprint density at radius 1 is 1.17 bits per heavy atom. The highest BCUT2D eigenvalue weighted by molar-refractivity contribution is 5.44. The topological polar surface area (TPSA) is 43.8 Å². The van der Waals surface area contributed by atoms with E-state index >= 15 is 0 Å². The molecule has 0 bridgehead atoms. The van der Waals surface area contributed by atoms with Gasteiger partial charge in [0.05, 0.1) is 17.9 Å². The lowest BCUT2D eigenvalue weighted by Gasteiger charge is -2.15. The van der Waals surface area contributed by atoms with Crippen LogP contribution in [0.1, 0.15) is 37.6 Å². The Morgan fingerprint density at radius 3 is 2.28 bits per heavy atom. The molecule has 18 heavy (non-hydrogen) atoms. The Labute approximate surface area is 109 Å². The Morgan fingerprint density at radius 2 is 1.78 bits per heavy atom. The molecule has 0 aliphatic carbocycles. The zero-order chi connectivity index (χ0) is 13.3. The summed E-state index contributed by atoms with van der Waals surface area (Å²) < 4.78 is 1.92. The van der Waals surface area contributed by atoms with Gasteiger partial charge in [0.1, 0.15) is 0 Å². The molecule has 0 radical (unpaired) electrons. The Hall–Kier alpha value is -1.77. The molecule has 2 rings (SSSR count). The van der Waals surface area contributed by atoms with Crippen LogP contribution in [0, 0.1) is 6.92 Å². The van der Waals surface area contributed by atoms with Gasteiger partial charge in [-0.3, -0.25) is 4.68 Å². The fourth-order valence-corrected chi connectivity index (χ4v) is 1.98. The van der Waals surface area contributed by atoms with E-state index in [1.165, 1.54) is 11.1 Å². The largest absolute Gasteiger partial charge is 0.396 e. The lowest BCUT2D eigenvalue weighted by atomic mass is 9.92. The van der Waals surface area contributed by atoms with Crippen molar-refractivity contribution in [3.63, 3.8) is 0 Å². The van der Waals surface area contributed by atoms with E-state index in [-0.39, 0.29) is 5.41 Å². The highest BCUT2D eigenvalue weighted by Gasteiger charge is 2.20. The molecule has 0 atom stereocenters. The van der Waals surface area contributed by atoms with Crippen LogP contribution in [0.25, 0.3) is 0 Å². The van der Waals surface area contributed by atoms with E-state index in [9.17, 15) is 0 Å². The molecule has 0 spiro atoms. The number of aryl methyl sites for hydroxylation is 1. The number of hydrogen-bond acceptors (Lipinski definition) is 2. The third-order valence-corrected chi connectivity index (χ3v) is 2.97. The van der Waals surface area contributed by atoms with E-state index in [2.05, 4.69) is 57.1 Å². The summed E-state index contributed by atoms with van der Waals surface area (Å²) in [6, 6.07) is 8.49. The maximum absolute atomic E-state index is 6.02. The summed E-state index contributed by atoms with van der Waals surface area (Å²) in [5, 5.41) is 4.59. The number of aromatic nitrogens is 2. The van der Waals surface area contributed by atoms with Gasteiger partial charge in [0.15, 0.2) is 0 Å². The van der Waals surface area contributed by atoms with E-state index in [1.54, 1.807) is 0 Å². The number of rotatable bonds is 2. The fraction of sp³-hybridized carbons (Fsp3) is 0.400. The van der Waals surface area contributed by atoms with Gasteiger partial charge in [-0.2, -0.15) is 5.10 Å². The van der Waals surface area contributed by atoms with Crippen molar-refractivity contribution in [3.8, 4) is 0 Å². The zero-order valence-electron chi connectivity index (χ0n) is 11.6. The van der Waals surface area contributed by atoms with Crippen molar-refractivity contribution in [2.45, 2.75) is 39.7 Å². The van der Waals surface area contributed by atoms with Crippen LogP contribution >= 0.6 is 0 Å². The number of nitrogen functional groups attached to an aromatic ring is 1. The molecule has 2 aromatic rings. The minimum Gasteiger partial charge on any atom is -0.396 e. The van der Waals surface area contributed by atoms with Crippen LogP contribution in [-0.4, -0.2) is 9.78 Å². The van der Waals surface area contributed by atoms with Crippen molar-refractivity contribution in [3.05, 3.63) is 47.3 Å². The van der Waals surface area contributed by atoms with Gasteiger partial charge in [0.25, 0.3) is 0 Å². The second-order valence-corrected chi connectivity index (χ2v) is 5.87. The highest BCUT2D eigenvalue weighted by atomic mass is 15.3. The van der Waals surface area contributed by atoms with Crippen molar-refractivity contribution in [2.24, 2.45) is 0 Å². The molecule has 0 unspecified atom stereocenters. The van der Waals surface area contributed by atoms with E-state index in [1.807, 2.05) is 10.9 Å². The van der Waals surface area contributed by atoms with Gasteiger partial charge in [-0.15, -0.1) is 0 Å². The van der Waals surface area contributed by atoms with Crippen LogP contribution in [0.15, 0.2) is 30.5 Å². The highest BCUT2D eigenvalue weighted by Crippen LogP contribution is 2.26. The fourth-order valence-electron chi connectivity index (χ4n) is 1.98. The molecule has 0 aliphatic heterocycles. The molecule has 1 aromatic heterocycles. The van der Waals surface area contributed by atoms with Crippen molar-refractivity contribution in [1.29, 1.82) is 0 Å². The van der Waals surface area contributed by atoms with E-state index in [4.69, 9.17) is 5.73 Å². The van der Waals surface area contributed by atoms with Crippen molar-refractivity contribution >= 4 is 5.69 Å². The maximum atomic E-state index is 6.02. The van der Waals surface area contributed by atoms with Crippen molar-refractivity contribution < 1.29 is 0 Å². The van der Waals surface area contributed by atoms with Crippen molar-refractivity contribution in [2.75, 3.05) is 5.73 Å². The Balaban J connectivity index is 2.23. The number of anilines is 1. The van der Waals surface area contributed by atoms with E-state index in [0.717, 1.165) is 17.9 Å². The molecule has 0 saturated heterocycles. The average Bonchev–Trinajstić information content (AvgIpc) is 2.63. The SMILES string of the molecule is Cc1ccc(Cn2cc(N)c(C(C)(C)C)n2)cc1. The molecule has 2 N–H and O–H groups in total. The second kappa shape index (κ2) is 4.48. The predicted molar refractivity (Wildman–Crippen MR) is 75.6 cm³/mol. The average molecular weight is 243 g/mol. The first-order valence-electron chi connectivity index (χ1n) is 6.25. The summed E-state index contributed by atoms with van der Waals surface area (Å²) in [6.07, 6.45) is 1.92. The van der Waals surface area contributed by atoms with Gasteiger partial charge in [-0.25, -0.2) is 0 Å². The molecule has 1 heterocycles. The smallest absolute Gasteiger partial charge is 0.0907 e. The second-order valence-electron chi connectivity index (χ2n) is 5.87. The monoisotopic (exact) mass is 243 g/mol. The van der Waals surface area contributed by atoms with Crippen LogP contribution < -0.4 is 5.73 Å². The van der Waals surface area contributed by atoms with Crippen LogP contribution in [0.4, 0.5) is 5.69 Å². The molecule has 0 amide bonds. The number of nitrogens with two attached hydrogens (primary N) is 1. The first-order valence-corrected chi connectivity index (χ1v) is 6.25. The predicted octanol–water partition coefficient (Wildman–Crippen LogP) is 3.12. The number of benzene rings is 1. The third-order valence-electron chi connectivity index (χ3n) is 2.97. The van der Waals surface area contributed by atoms with Gasteiger partial charge in [-0.05, 0) is 12.5 Å². The summed E-state index contributed by atoms with van der Waals surface area (Å²) in [6.45, 7) is 9.24. The van der Waals surface area contributed by atoms with Crippen LogP contribution in [0.2, 0.25) is 0 Å². The lowest BCUT2D eigenvalue weighted by Crippen LogP contribution is -2.14. The normalized spacial score (nSPS) is 11.8. The minimum atomic E-state index is -0.0113. The zero-order valence-corrected chi connectivity index (χ0v) is 11.6. The standard InChI is InChI=1S/C15H21N3/c1-11-5-7-12(8-6-11)9-18-10-13(16)14(17-18)15(2,3)4/h5-8,10H,9,16H2,1-4H3. The van der Waals surface area contributed by atoms with E-state index in [0.29, 0.717) is 0 Å². The van der Waals surface area contributed by atoms with Crippen LogP contribution in [0.3, 0.4) is 0 Å². The minimum absolute atomic E-state index is 0.0113. The Bertz CT molecular complexity index is 530. The van der Waals surface area contributed by atoms with Gasteiger partial charge in [-0.1, -0.05) is 50.6 Å². The van der Waals surface area contributed by atoms with Gasteiger partial charge in [0.2, 0.25) is 0 Å². The molecule has 96 valence electrons. The molecular formula is C15H21N3. The molecule has 3 heteroatoms.